The van der Waals surface area contributed by atoms with Crippen molar-refractivity contribution < 1.29 is 14.3 Å². The Morgan fingerprint density at radius 3 is 2.71 bits per heavy atom. The van der Waals surface area contributed by atoms with E-state index < -0.39 is 0 Å². The molecule has 0 fully saturated rings. The van der Waals surface area contributed by atoms with E-state index in [2.05, 4.69) is 19.9 Å². The van der Waals surface area contributed by atoms with Gasteiger partial charge in [-0.2, -0.15) is 0 Å². The molecule has 0 saturated carbocycles. The summed E-state index contributed by atoms with van der Waals surface area (Å²) in [5.41, 5.74) is 3.73. The van der Waals surface area contributed by atoms with Gasteiger partial charge in [-0.1, -0.05) is 23.9 Å². The minimum atomic E-state index is -0.119. The van der Waals surface area contributed by atoms with E-state index in [1.165, 1.54) is 23.1 Å². The number of amides is 1. The Morgan fingerprint density at radius 1 is 1.13 bits per heavy atom. The lowest BCUT2D eigenvalue weighted by atomic mass is 10.2. The van der Waals surface area contributed by atoms with Gasteiger partial charge in [0, 0.05) is 24.6 Å². The van der Waals surface area contributed by atoms with Crippen LogP contribution in [0.1, 0.15) is 0 Å². The molecular formula is C22H22N4O3S2. The largest absolute Gasteiger partial charge is 0.497 e. The highest BCUT2D eigenvalue weighted by atomic mass is 32.2. The van der Waals surface area contributed by atoms with Gasteiger partial charge in [0.15, 0.2) is 10.3 Å². The van der Waals surface area contributed by atoms with Gasteiger partial charge >= 0.3 is 0 Å². The molecule has 0 unspecified atom stereocenters. The number of rotatable bonds is 9. The van der Waals surface area contributed by atoms with E-state index in [0.29, 0.717) is 18.3 Å². The number of methoxy groups -OCH3 is 2. The van der Waals surface area contributed by atoms with Crippen molar-refractivity contribution in [2.45, 2.75) is 11.7 Å². The summed E-state index contributed by atoms with van der Waals surface area (Å²) in [6.07, 6.45) is 0. The van der Waals surface area contributed by atoms with Gasteiger partial charge in [-0.15, -0.1) is 11.3 Å². The maximum atomic E-state index is 12.5. The molecule has 0 radical (unpaired) electrons. The van der Waals surface area contributed by atoms with Crippen molar-refractivity contribution in [3.63, 3.8) is 0 Å². The molecule has 0 spiro atoms. The van der Waals surface area contributed by atoms with Crippen LogP contribution in [0.25, 0.3) is 22.3 Å². The van der Waals surface area contributed by atoms with Crippen LogP contribution in [-0.4, -0.2) is 47.0 Å². The molecule has 31 heavy (non-hydrogen) atoms. The van der Waals surface area contributed by atoms with Gasteiger partial charge in [-0.25, -0.2) is 9.97 Å². The Balaban J connectivity index is 1.40. The van der Waals surface area contributed by atoms with Crippen molar-refractivity contribution in [2.24, 2.45) is 0 Å². The molecule has 0 bridgehead atoms. The first-order valence-corrected chi connectivity index (χ1v) is 11.5. The summed E-state index contributed by atoms with van der Waals surface area (Å²) in [4.78, 5) is 21.7. The van der Waals surface area contributed by atoms with Crippen molar-refractivity contribution in [3.8, 4) is 17.0 Å². The zero-order valence-corrected chi connectivity index (χ0v) is 18.8. The zero-order chi connectivity index (χ0) is 21.6. The summed E-state index contributed by atoms with van der Waals surface area (Å²) in [7, 11) is 3.31. The number of hydrogen-bond acceptors (Lipinski definition) is 7. The Kier molecular flexibility index (Phi) is 6.86. The molecule has 7 nitrogen and oxygen atoms in total. The summed E-state index contributed by atoms with van der Waals surface area (Å²) in [5, 5.41) is 6.18. The third kappa shape index (κ3) is 5.07. The van der Waals surface area contributed by atoms with E-state index in [-0.39, 0.29) is 11.7 Å². The summed E-state index contributed by atoms with van der Waals surface area (Å²) in [5.74, 6) is 0.917. The second kappa shape index (κ2) is 9.95. The second-order valence-electron chi connectivity index (χ2n) is 6.63. The third-order valence-electron chi connectivity index (χ3n) is 4.61. The van der Waals surface area contributed by atoms with Gasteiger partial charge in [0.25, 0.3) is 0 Å². The number of nitrogens with zero attached hydrogens (tertiary/aromatic N) is 3. The van der Waals surface area contributed by atoms with Crippen molar-refractivity contribution in [3.05, 3.63) is 53.9 Å². The molecule has 0 atom stereocenters. The van der Waals surface area contributed by atoms with Crippen LogP contribution < -0.4 is 10.1 Å². The first-order valence-electron chi connectivity index (χ1n) is 9.64. The van der Waals surface area contributed by atoms with E-state index in [4.69, 9.17) is 9.47 Å². The van der Waals surface area contributed by atoms with Gasteiger partial charge in [-0.05, 0) is 36.4 Å². The number of anilines is 1. The van der Waals surface area contributed by atoms with Crippen molar-refractivity contribution >= 4 is 45.2 Å². The van der Waals surface area contributed by atoms with Crippen molar-refractivity contribution in [2.75, 3.05) is 31.9 Å². The van der Waals surface area contributed by atoms with E-state index >= 15 is 0 Å². The fourth-order valence-corrected chi connectivity index (χ4v) is 4.65. The fraction of sp³-hybridized carbons (Fsp3) is 0.227. The molecule has 1 N–H and O–H groups in total. The molecule has 2 heterocycles. The van der Waals surface area contributed by atoms with Gasteiger partial charge in [-0.3, -0.25) is 4.79 Å². The summed E-state index contributed by atoms with van der Waals surface area (Å²) < 4.78 is 12.5. The molecule has 0 saturated heterocycles. The number of hydrogen-bond donors (Lipinski definition) is 1. The van der Waals surface area contributed by atoms with Gasteiger partial charge in [0.05, 0.1) is 36.2 Å². The average molecular weight is 455 g/mol. The number of benzene rings is 2. The van der Waals surface area contributed by atoms with Crippen molar-refractivity contribution in [1.82, 2.24) is 14.5 Å². The monoisotopic (exact) mass is 454 g/mol. The number of thioether (sulfide) groups is 1. The molecule has 1 amide bonds. The molecule has 4 aromatic rings. The van der Waals surface area contributed by atoms with Crippen LogP contribution in [0.5, 0.6) is 5.75 Å². The van der Waals surface area contributed by atoms with E-state index in [1.54, 1.807) is 14.2 Å². The number of carbonyl (C=O) groups is 1. The van der Waals surface area contributed by atoms with Crippen LogP contribution in [0.2, 0.25) is 0 Å². The number of ether oxygens (including phenoxy) is 2. The van der Waals surface area contributed by atoms with Crippen LogP contribution in [0, 0.1) is 0 Å². The minimum Gasteiger partial charge on any atom is -0.497 e. The van der Waals surface area contributed by atoms with E-state index in [0.717, 1.165) is 33.2 Å². The molecule has 160 valence electrons. The Hall–Kier alpha value is -2.88. The fourth-order valence-electron chi connectivity index (χ4n) is 3.07. The molecule has 9 heteroatoms. The molecule has 0 aliphatic heterocycles. The lowest BCUT2D eigenvalue weighted by Crippen LogP contribution is -2.14. The quantitative estimate of drug-likeness (QED) is 0.374. The Labute approximate surface area is 188 Å². The molecule has 4 rings (SSSR count). The number of carbonyl (C=O) groups excluding carboxylic acids is 1. The number of imidazole rings is 1. The van der Waals surface area contributed by atoms with E-state index in [1.807, 2.05) is 53.9 Å². The summed E-state index contributed by atoms with van der Waals surface area (Å²) in [6, 6.07) is 15.6. The highest BCUT2D eigenvalue weighted by Crippen LogP contribution is 2.27. The number of thiazole rings is 1. The van der Waals surface area contributed by atoms with Crippen LogP contribution in [0.4, 0.5) is 5.13 Å². The number of nitrogens with one attached hydrogen (secondary N) is 1. The standard InChI is InChI=1S/C22H22N4O3S2/c1-28-12-11-26-19-6-4-3-5-17(19)24-22(26)31-14-20(27)25-21-23-18(13-30-21)15-7-9-16(29-2)10-8-15/h3-10,13H,11-12,14H2,1-2H3,(H,23,25,27). The lowest BCUT2D eigenvalue weighted by Gasteiger charge is -2.08. The minimum absolute atomic E-state index is 0.119. The number of para-hydroxylation sites is 2. The predicted octanol–water partition coefficient (Wildman–Crippen LogP) is 4.55. The maximum Gasteiger partial charge on any atom is 0.236 e. The van der Waals surface area contributed by atoms with Crippen LogP contribution in [0.15, 0.2) is 59.1 Å². The Bertz CT molecular complexity index is 1170. The maximum absolute atomic E-state index is 12.5. The highest BCUT2D eigenvalue weighted by Gasteiger charge is 2.14. The first kappa shape index (κ1) is 21.4. The first-order chi connectivity index (χ1) is 15.2. The number of fused-ring (bicyclic) bond motifs is 1. The summed E-state index contributed by atoms with van der Waals surface area (Å²) in [6.45, 7) is 1.26. The molecule has 0 aliphatic carbocycles. The predicted molar refractivity (Wildman–Crippen MR) is 125 cm³/mol. The van der Waals surface area contributed by atoms with Crippen LogP contribution >= 0.6 is 23.1 Å². The third-order valence-corrected chi connectivity index (χ3v) is 6.34. The molecular weight excluding hydrogens is 432 g/mol. The van der Waals surface area contributed by atoms with Crippen molar-refractivity contribution in [1.29, 1.82) is 0 Å². The SMILES string of the molecule is COCCn1c(SCC(=O)Nc2nc(-c3ccc(OC)cc3)cs2)nc2ccccc21. The lowest BCUT2D eigenvalue weighted by molar-refractivity contribution is -0.113. The van der Waals surface area contributed by atoms with Crippen LogP contribution in [0.3, 0.4) is 0 Å². The Morgan fingerprint density at radius 2 is 1.94 bits per heavy atom. The van der Waals surface area contributed by atoms with Gasteiger partial charge < -0.3 is 19.4 Å². The average Bonchev–Trinajstić information content (AvgIpc) is 3.40. The van der Waals surface area contributed by atoms with Gasteiger partial charge in [0.1, 0.15) is 5.75 Å². The normalized spacial score (nSPS) is 11.0. The second-order valence-corrected chi connectivity index (χ2v) is 8.43. The molecule has 2 aromatic carbocycles. The topological polar surface area (TPSA) is 78.3 Å². The van der Waals surface area contributed by atoms with E-state index in [9.17, 15) is 4.79 Å². The zero-order valence-electron chi connectivity index (χ0n) is 17.2. The smallest absolute Gasteiger partial charge is 0.236 e. The molecule has 2 aromatic heterocycles. The molecule has 0 aliphatic rings. The van der Waals surface area contributed by atoms with Crippen LogP contribution in [-0.2, 0) is 16.1 Å². The summed E-state index contributed by atoms with van der Waals surface area (Å²) >= 11 is 2.81. The van der Waals surface area contributed by atoms with Gasteiger partial charge in [0.2, 0.25) is 5.91 Å². The number of aromatic nitrogens is 3. The highest BCUT2D eigenvalue weighted by molar-refractivity contribution is 7.99.